The van der Waals surface area contributed by atoms with Gasteiger partial charge in [-0.05, 0) is 25.5 Å². The number of aromatic nitrogens is 2. The Bertz CT molecular complexity index is 709. The van der Waals surface area contributed by atoms with Crippen molar-refractivity contribution in [2.75, 3.05) is 0 Å². The smallest absolute Gasteiger partial charge is 0.208 e. The Kier molecular flexibility index (Phi) is 3.48. The van der Waals surface area contributed by atoms with Crippen LogP contribution in [0.1, 0.15) is 22.9 Å². The van der Waals surface area contributed by atoms with E-state index in [1.165, 1.54) is 5.56 Å². The minimum atomic E-state index is 0.623. The maximum absolute atomic E-state index is 5.55. The first kappa shape index (κ1) is 12.8. The number of hydrogen-bond acceptors (Lipinski definition) is 4. The van der Waals surface area contributed by atoms with Crippen molar-refractivity contribution < 1.29 is 4.42 Å². The zero-order valence-electron chi connectivity index (χ0n) is 11.7. The molecule has 0 radical (unpaired) electrons. The van der Waals surface area contributed by atoms with E-state index in [9.17, 15) is 0 Å². The Morgan fingerprint density at radius 1 is 1.10 bits per heavy atom. The first-order chi connectivity index (χ1) is 9.74. The van der Waals surface area contributed by atoms with Crippen LogP contribution in [-0.2, 0) is 13.1 Å². The molecular weight excluding hydrogens is 250 g/mol. The highest BCUT2D eigenvalue weighted by Crippen LogP contribution is 2.16. The number of benzene rings is 1. The van der Waals surface area contributed by atoms with E-state index in [0.29, 0.717) is 6.54 Å². The Balaban J connectivity index is 1.71. The first-order valence-electron chi connectivity index (χ1n) is 6.70. The molecule has 4 heteroatoms. The van der Waals surface area contributed by atoms with Crippen LogP contribution >= 0.6 is 0 Å². The summed E-state index contributed by atoms with van der Waals surface area (Å²) in [6, 6.07) is 10.3. The van der Waals surface area contributed by atoms with Gasteiger partial charge in [0.1, 0.15) is 5.76 Å². The summed E-state index contributed by atoms with van der Waals surface area (Å²) in [6.45, 7) is 5.25. The Morgan fingerprint density at radius 2 is 1.95 bits per heavy atom. The summed E-state index contributed by atoms with van der Waals surface area (Å²) in [4.78, 5) is 8.80. The normalized spacial score (nSPS) is 11.1. The van der Waals surface area contributed by atoms with Crippen molar-refractivity contribution in [1.29, 1.82) is 0 Å². The second-order valence-corrected chi connectivity index (χ2v) is 4.85. The van der Waals surface area contributed by atoms with E-state index in [1.807, 2.05) is 26.1 Å². The maximum atomic E-state index is 5.55. The van der Waals surface area contributed by atoms with Gasteiger partial charge in [-0.2, -0.15) is 0 Å². The van der Waals surface area contributed by atoms with Gasteiger partial charge >= 0.3 is 0 Å². The minimum Gasteiger partial charge on any atom is -0.444 e. The number of rotatable bonds is 4. The molecule has 0 saturated heterocycles. The molecule has 0 saturated carbocycles. The van der Waals surface area contributed by atoms with Crippen molar-refractivity contribution in [2.24, 2.45) is 0 Å². The quantitative estimate of drug-likeness (QED) is 0.789. The summed E-state index contributed by atoms with van der Waals surface area (Å²) >= 11 is 0. The van der Waals surface area contributed by atoms with Crippen molar-refractivity contribution in [1.82, 2.24) is 15.3 Å². The van der Waals surface area contributed by atoms with Crippen LogP contribution in [0.2, 0.25) is 0 Å². The molecule has 0 bridgehead atoms. The highest BCUT2D eigenvalue weighted by Gasteiger charge is 2.06. The second-order valence-electron chi connectivity index (χ2n) is 4.85. The predicted molar refractivity (Wildman–Crippen MR) is 78.3 cm³/mol. The number of fused-ring (bicyclic) bond motifs is 1. The molecular formula is C16H17N3O. The van der Waals surface area contributed by atoms with Gasteiger partial charge in [0.2, 0.25) is 5.89 Å². The van der Waals surface area contributed by atoms with E-state index in [-0.39, 0.29) is 0 Å². The minimum absolute atomic E-state index is 0.623. The lowest BCUT2D eigenvalue weighted by atomic mass is 10.1. The summed E-state index contributed by atoms with van der Waals surface area (Å²) in [7, 11) is 0. The number of pyridine rings is 1. The van der Waals surface area contributed by atoms with Crippen LogP contribution in [0.15, 0.2) is 40.9 Å². The summed E-state index contributed by atoms with van der Waals surface area (Å²) in [6.07, 6.45) is 1.83. The van der Waals surface area contributed by atoms with Gasteiger partial charge in [0, 0.05) is 18.1 Å². The summed E-state index contributed by atoms with van der Waals surface area (Å²) in [5.41, 5.74) is 3.18. The molecule has 3 rings (SSSR count). The van der Waals surface area contributed by atoms with E-state index in [1.54, 1.807) is 0 Å². The van der Waals surface area contributed by atoms with Crippen LogP contribution in [0, 0.1) is 13.8 Å². The van der Waals surface area contributed by atoms with Gasteiger partial charge in [0.05, 0.1) is 17.8 Å². The largest absolute Gasteiger partial charge is 0.444 e. The lowest BCUT2D eigenvalue weighted by molar-refractivity contribution is 0.449. The molecule has 2 aromatic heterocycles. The second kappa shape index (κ2) is 5.43. The molecule has 1 aromatic carbocycles. The van der Waals surface area contributed by atoms with Gasteiger partial charge in [0.15, 0.2) is 0 Å². The fourth-order valence-electron chi connectivity index (χ4n) is 2.23. The van der Waals surface area contributed by atoms with Crippen molar-refractivity contribution in [3.8, 4) is 0 Å². The summed E-state index contributed by atoms with van der Waals surface area (Å²) in [5, 5.41) is 4.52. The average Bonchev–Trinajstić information content (AvgIpc) is 2.78. The summed E-state index contributed by atoms with van der Waals surface area (Å²) < 4.78 is 5.55. The van der Waals surface area contributed by atoms with Gasteiger partial charge in [-0.25, -0.2) is 4.98 Å². The van der Waals surface area contributed by atoms with Gasteiger partial charge in [0.25, 0.3) is 0 Å². The van der Waals surface area contributed by atoms with Crippen LogP contribution < -0.4 is 5.32 Å². The van der Waals surface area contributed by atoms with Crippen LogP contribution in [-0.4, -0.2) is 9.97 Å². The highest BCUT2D eigenvalue weighted by molar-refractivity contribution is 5.81. The molecule has 0 aliphatic rings. The molecule has 102 valence electrons. The monoisotopic (exact) mass is 267 g/mol. The van der Waals surface area contributed by atoms with Crippen molar-refractivity contribution in [2.45, 2.75) is 26.9 Å². The molecule has 0 unspecified atom stereocenters. The standard InChI is InChI=1S/C16H17N3O/c1-11-12(2)20-15(19-11)10-17-9-14-6-3-5-13-7-4-8-18-16(13)14/h3-8,17H,9-10H2,1-2H3. The molecule has 4 nitrogen and oxygen atoms in total. The number of nitrogens with one attached hydrogen (secondary N) is 1. The topological polar surface area (TPSA) is 51.0 Å². The maximum Gasteiger partial charge on any atom is 0.208 e. The fourth-order valence-corrected chi connectivity index (χ4v) is 2.23. The first-order valence-corrected chi connectivity index (χ1v) is 6.70. The molecule has 0 aliphatic heterocycles. The molecule has 1 N–H and O–H groups in total. The van der Waals surface area contributed by atoms with Gasteiger partial charge in [-0.15, -0.1) is 0 Å². The van der Waals surface area contributed by atoms with Gasteiger partial charge in [-0.1, -0.05) is 24.3 Å². The predicted octanol–water partition coefficient (Wildman–Crippen LogP) is 3.13. The highest BCUT2D eigenvalue weighted by atomic mass is 16.4. The molecule has 0 spiro atoms. The Hall–Kier alpha value is -2.20. The van der Waals surface area contributed by atoms with Crippen LogP contribution in [0.3, 0.4) is 0 Å². The SMILES string of the molecule is Cc1nc(CNCc2cccc3cccnc23)oc1C. The van der Waals surface area contributed by atoms with E-state index < -0.39 is 0 Å². The zero-order chi connectivity index (χ0) is 13.9. The number of nitrogens with zero attached hydrogens (tertiary/aromatic N) is 2. The summed E-state index contributed by atoms with van der Waals surface area (Å²) in [5.74, 6) is 1.61. The van der Waals surface area contributed by atoms with E-state index >= 15 is 0 Å². The molecule has 2 heterocycles. The van der Waals surface area contributed by atoms with Crippen molar-refractivity contribution in [3.63, 3.8) is 0 Å². The van der Waals surface area contributed by atoms with E-state index in [4.69, 9.17) is 4.42 Å². The van der Waals surface area contributed by atoms with Gasteiger partial charge < -0.3 is 9.73 Å². The zero-order valence-corrected chi connectivity index (χ0v) is 11.7. The molecule has 0 atom stereocenters. The Morgan fingerprint density at radius 3 is 2.75 bits per heavy atom. The average molecular weight is 267 g/mol. The van der Waals surface area contributed by atoms with E-state index in [0.717, 1.165) is 34.8 Å². The lowest BCUT2D eigenvalue weighted by Crippen LogP contribution is -2.13. The van der Waals surface area contributed by atoms with Crippen LogP contribution in [0.5, 0.6) is 0 Å². The lowest BCUT2D eigenvalue weighted by Gasteiger charge is -2.06. The van der Waals surface area contributed by atoms with Crippen LogP contribution in [0.25, 0.3) is 10.9 Å². The number of hydrogen-bond donors (Lipinski definition) is 1. The molecule has 0 aliphatic carbocycles. The molecule has 0 amide bonds. The molecule has 0 fully saturated rings. The number of para-hydroxylation sites is 1. The number of oxazole rings is 1. The van der Waals surface area contributed by atoms with Crippen molar-refractivity contribution in [3.05, 3.63) is 59.4 Å². The molecule has 3 aromatic rings. The number of aryl methyl sites for hydroxylation is 2. The fraction of sp³-hybridized carbons (Fsp3) is 0.250. The van der Waals surface area contributed by atoms with Crippen LogP contribution in [0.4, 0.5) is 0 Å². The third-order valence-corrected chi connectivity index (χ3v) is 3.38. The third-order valence-electron chi connectivity index (χ3n) is 3.38. The van der Waals surface area contributed by atoms with Gasteiger partial charge in [-0.3, -0.25) is 4.98 Å². The Labute approximate surface area is 117 Å². The third kappa shape index (κ3) is 2.56. The van der Waals surface area contributed by atoms with E-state index in [2.05, 4.69) is 39.6 Å². The molecule has 20 heavy (non-hydrogen) atoms. The van der Waals surface area contributed by atoms with Crippen molar-refractivity contribution >= 4 is 10.9 Å².